The van der Waals surface area contributed by atoms with Gasteiger partial charge in [-0.25, -0.2) is 0 Å². The number of aryl methyl sites for hydroxylation is 1. The average molecular weight is 421 g/mol. The number of piperidine rings is 1. The van der Waals surface area contributed by atoms with Crippen LogP contribution in [0.1, 0.15) is 31.7 Å². The molecule has 0 aromatic heterocycles. The molecule has 2 aliphatic heterocycles. The number of halogens is 1. The monoisotopic (exact) mass is 420 g/mol. The highest BCUT2D eigenvalue weighted by Gasteiger charge is 2.28. The molecule has 2 saturated heterocycles. The number of esters is 1. The number of carbonyl (C=O) groups excluding carboxylic acids is 1. The third-order valence-corrected chi connectivity index (χ3v) is 6.21. The fraction of sp³-hybridized carbons (Fsp3) is 0.636. The van der Waals surface area contributed by atoms with Crippen LogP contribution >= 0.6 is 11.6 Å². The fourth-order valence-electron chi connectivity index (χ4n) is 4.30. The van der Waals surface area contributed by atoms with E-state index in [1.165, 1.54) is 11.3 Å². The van der Waals surface area contributed by atoms with Gasteiger partial charge >= 0.3 is 5.97 Å². The lowest BCUT2D eigenvalue weighted by Crippen LogP contribution is -2.47. The molecule has 0 spiro atoms. The van der Waals surface area contributed by atoms with E-state index in [9.17, 15) is 4.79 Å². The molecule has 29 heavy (non-hydrogen) atoms. The van der Waals surface area contributed by atoms with Crippen LogP contribution in [0.3, 0.4) is 0 Å². The first-order valence-corrected chi connectivity index (χ1v) is 11.0. The largest absolute Gasteiger partial charge is 0.466 e. The van der Waals surface area contributed by atoms with E-state index in [2.05, 4.69) is 39.2 Å². The maximum Gasteiger partial charge on any atom is 0.309 e. The summed E-state index contributed by atoms with van der Waals surface area (Å²) in [5.41, 5.74) is 2.51. The number of carbonyl (C=O) groups is 1. The van der Waals surface area contributed by atoms with Crippen LogP contribution in [-0.4, -0.2) is 63.2 Å². The second-order valence-electron chi connectivity index (χ2n) is 7.97. The van der Waals surface area contributed by atoms with E-state index in [1.807, 2.05) is 20.0 Å². The molecule has 3 rings (SSSR count). The van der Waals surface area contributed by atoms with Gasteiger partial charge in [-0.15, -0.1) is 0 Å². The van der Waals surface area contributed by atoms with E-state index in [-0.39, 0.29) is 11.9 Å². The van der Waals surface area contributed by atoms with E-state index in [0.717, 1.165) is 63.0 Å². The van der Waals surface area contributed by atoms with Gasteiger partial charge in [0, 0.05) is 50.5 Å². The highest BCUT2D eigenvalue weighted by Crippen LogP contribution is 2.29. The summed E-state index contributed by atoms with van der Waals surface area (Å²) in [5, 5.41) is 4.35. The molecule has 0 aliphatic carbocycles. The first kappa shape index (κ1) is 21.8. The third-order valence-electron chi connectivity index (χ3n) is 5.97. The molecule has 2 fully saturated rings. The number of ether oxygens (including phenoxy) is 1. The van der Waals surface area contributed by atoms with Gasteiger partial charge in [0.1, 0.15) is 0 Å². The Hall–Kier alpha value is -1.95. The molecule has 1 aromatic rings. The molecule has 7 heteroatoms. The number of aliphatic imine (C=N–C) groups is 1. The van der Waals surface area contributed by atoms with Crippen molar-refractivity contribution < 1.29 is 9.53 Å². The van der Waals surface area contributed by atoms with Gasteiger partial charge in [-0.05, 0) is 56.7 Å². The van der Waals surface area contributed by atoms with E-state index >= 15 is 0 Å². The molecule has 1 N–H and O–H groups in total. The number of likely N-dealkylation sites (tertiary alicyclic amines) is 1. The topological polar surface area (TPSA) is 57.2 Å². The van der Waals surface area contributed by atoms with E-state index in [1.54, 1.807) is 0 Å². The van der Waals surface area contributed by atoms with Crippen LogP contribution in [0.4, 0.5) is 5.69 Å². The first-order valence-electron chi connectivity index (χ1n) is 10.6. The zero-order valence-electron chi connectivity index (χ0n) is 17.8. The van der Waals surface area contributed by atoms with Gasteiger partial charge in [-0.1, -0.05) is 17.7 Å². The van der Waals surface area contributed by atoms with Crippen LogP contribution in [0.25, 0.3) is 0 Å². The summed E-state index contributed by atoms with van der Waals surface area (Å²) < 4.78 is 5.16. The Morgan fingerprint density at radius 3 is 2.72 bits per heavy atom. The van der Waals surface area contributed by atoms with Crippen LogP contribution in [-0.2, 0) is 9.53 Å². The number of hydrogen-bond donors (Lipinski definition) is 1. The lowest BCUT2D eigenvalue weighted by Gasteiger charge is -2.33. The zero-order valence-corrected chi connectivity index (χ0v) is 18.5. The van der Waals surface area contributed by atoms with Crippen molar-refractivity contribution in [1.82, 2.24) is 10.2 Å². The van der Waals surface area contributed by atoms with Gasteiger partial charge in [-0.2, -0.15) is 0 Å². The molecule has 160 valence electrons. The van der Waals surface area contributed by atoms with Gasteiger partial charge in [0.25, 0.3) is 0 Å². The second-order valence-corrected chi connectivity index (χ2v) is 8.41. The highest BCUT2D eigenvalue weighted by molar-refractivity contribution is 6.30. The summed E-state index contributed by atoms with van der Waals surface area (Å²) in [7, 11) is 1.83. The number of guanidine groups is 1. The van der Waals surface area contributed by atoms with Crippen molar-refractivity contribution in [3.05, 3.63) is 28.8 Å². The predicted molar refractivity (Wildman–Crippen MR) is 119 cm³/mol. The number of nitrogens with zero attached hydrogens (tertiary/aromatic N) is 3. The minimum atomic E-state index is -0.0579. The molecule has 0 saturated carbocycles. The Balaban J connectivity index is 1.47. The van der Waals surface area contributed by atoms with Gasteiger partial charge in [0.05, 0.1) is 12.5 Å². The molecule has 1 aromatic carbocycles. The zero-order chi connectivity index (χ0) is 20.8. The molecular formula is C22H33ClN4O2. The van der Waals surface area contributed by atoms with E-state index in [0.29, 0.717) is 12.5 Å². The summed E-state index contributed by atoms with van der Waals surface area (Å²) in [6.45, 7) is 9.10. The summed E-state index contributed by atoms with van der Waals surface area (Å²) in [4.78, 5) is 21.1. The van der Waals surface area contributed by atoms with Crippen molar-refractivity contribution in [3.8, 4) is 0 Å². The van der Waals surface area contributed by atoms with E-state index < -0.39 is 0 Å². The van der Waals surface area contributed by atoms with Crippen molar-refractivity contribution in [2.24, 2.45) is 16.8 Å². The van der Waals surface area contributed by atoms with Crippen molar-refractivity contribution in [2.45, 2.75) is 33.1 Å². The van der Waals surface area contributed by atoms with Gasteiger partial charge in [-0.3, -0.25) is 9.79 Å². The number of benzene rings is 1. The van der Waals surface area contributed by atoms with Gasteiger partial charge in [0.15, 0.2) is 5.96 Å². The summed E-state index contributed by atoms with van der Waals surface area (Å²) in [6, 6.07) is 6.11. The summed E-state index contributed by atoms with van der Waals surface area (Å²) >= 11 is 6.20. The Kier molecular flexibility index (Phi) is 7.64. The van der Waals surface area contributed by atoms with Crippen molar-refractivity contribution in [1.29, 1.82) is 0 Å². The molecule has 0 amide bonds. The Bertz CT molecular complexity index is 732. The van der Waals surface area contributed by atoms with Crippen molar-refractivity contribution >= 4 is 29.2 Å². The van der Waals surface area contributed by atoms with Gasteiger partial charge in [0.2, 0.25) is 0 Å². The van der Waals surface area contributed by atoms with E-state index in [4.69, 9.17) is 16.3 Å². The molecule has 1 atom stereocenters. The van der Waals surface area contributed by atoms with Crippen LogP contribution < -0.4 is 10.2 Å². The molecule has 1 unspecified atom stereocenters. The number of nitrogens with one attached hydrogen (secondary N) is 1. The number of anilines is 1. The fourth-order valence-corrected chi connectivity index (χ4v) is 4.46. The lowest BCUT2D eigenvalue weighted by atomic mass is 9.97. The Morgan fingerprint density at radius 2 is 2.03 bits per heavy atom. The minimum absolute atomic E-state index is 0.0219. The molecule has 2 aliphatic rings. The maximum absolute atomic E-state index is 11.9. The van der Waals surface area contributed by atoms with Crippen molar-refractivity contribution in [2.75, 3.05) is 51.3 Å². The highest BCUT2D eigenvalue weighted by atomic mass is 35.5. The molecule has 0 radical (unpaired) electrons. The predicted octanol–water partition coefficient (Wildman–Crippen LogP) is 3.33. The Morgan fingerprint density at radius 1 is 1.28 bits per heavy atom. The smallest absolute Gasteiger partial charge is 0.309 e. The lowest BCUT2D eigenvalue weighted by molar-refractivity contribution is -0.149. The second kappa shape index (κ2) is 10.2. The standard InChI is InChI=1S/C22H33ClN4O2/c1-4-29-21(28)18-8-11-26(12-9-18)22(24-3)25-14-17-7-10-27(15-17)20-13-19(23)6-5-16(20)2/h5-6,13,17-18H,4,7-12,14-15H2,1-3H3,(H,24,25). The summed E-state index contributed by atoms with van der Waals surface area (Å²) in [5.74, 6) is 1.47. The average Bonchev–Trinajstić information content (AvgIpc) is 3.19. The quantitative estimate of drug-likeness (QED) is 0.450. The van der Waals surface area contributed by atoms with Crippen LogP contribution in [0.5, 0.6) is 0 Å². The van der Waals surface area contributed by atoms with Gasteiger partial charge < -0.3 is 19.9 Å². The van der Waals surface area contributed by atoms with Crippen LogP contribution in [0.15, 0.2) is 23.2 Å². The SMILES string of the molecule is CCOC(=O)C1CCN(C(=NC)NCC2CCN(c3cc(Cl)ccc3C)C2)CC1. The first-order chi connectivity index (χ1) is 14.0. The van der Waals surface area contributed by atoms with Crippen LogP contribution in [0.2, 0.25) is 5.02 Å². The molecule has 2 heterocycles. The molecular weight excluding hydrogens is 388 g/mol. The number of rotatable bonds is 5. The molecule has 0 bridgehead atoms. The number of hydrogen-bond acceptors (Lipinski definition) is 4. The maximum atomic E-state index is 11.9. The minimum Gasteiger partial charge on any atom is -0.466 e. The van der Waals surface area contributed by atoms with Crippen molar-refractivity contribution in [3.63, 3.8) is 0 Å². The third kappa shape index (κ3) is 5.56. The molecule has 6 nitrogen and oxygen atoms in total. The normalized spacial score (nSPS) is 20.8. The summed E-state index contributed by atoms with van der Waals surface area (Å²) in [6.07, 6.45) is 2.80. The Labute approximate surface area is 179 Å². The van der Waals surface area contributed by atoms with Crippen LogP contribution in [0, 0.1) is 18.8 Å².